The van der Waals surface area contributed by atoms with Crippen molar-refractivity contribution in [3.8, 4) is 101 Å². The number of para-hydroxylation sites is 6. The molecule has 0 atom stereocenters. The van der Waals surface area contributed by atoms with Crippen LogP contribution in [0.25, 0.3) is 232 Å². The molecule has 0 saturated heterocycles. The summed E-state index contributed by atoms with van der Waals surface area (Å²) in [6.45, 7) is 20.6. The fourth-order valence-electron chi connectivity index (χ4n) is 21.7. The van der Waals surface area contributed by atoms with Crippen LogP contribution in [-0.2, 0) is 16.2 Å². The quantitative estimate of drug-likeness (QED) is 0.117. The van der Waals surface area contributed by atoms with Crippen molar-refractivity contribution in [1.82, 2.24) is 27.4 Å². The van der Waals surface area contributed by atoms with E-state index in [-0.39, 0.29) is 16.2 Å². The summed E-state index contributed by atoms with van der Waals surface area (Å²) in [5, 5.41) is 14.5. The number of nitrogens with zero attached hydrogens (tertiary/aromatic N) is 6. The number of hydrogen-bond donors (Lipinski definition) is 0. The summed E-state index contributed by atoms with van der Waals surface area (Å²) in [6.07, 6.45) is 0. The minimum absolute atomic E-state index is 0.0152. The van der Waals surface area contributed by atoms with E-state index in [9.17, 15) is 0 Å². The molecule has 0 unspecified atom stereocenters. The van der Waals surface area contributed by atoms with Gasteiger partial charge in [-0.2, -0.15) is 0 Å². The zero-order chi connectivity index (χ0) is 88.7. The Balaban J connectivity index is 0.620. The van der Waals surface area contributed by atoms with Crippen LogP contribution >= 0.6 is 0 Å². The van der Waals surface area contributed by atoms with Gasteiger partial charge in [-0.1, -0.05) is 311 Å². The number of rotatable bonds is 12. The van der Waals surface area contributed by atoms with Crippen molar-refractivity contribution in [3.05, 3.63) is 435 Å². The molecule has 132 heavy (non-hydrogen) atoms. The molecule has 6 nitrogen and oxygen atoms in total. The highest BCUT2D eigenvalue weighted by atomic mass is 15.1. The molecule has 0 radical (unpaired) electrons. The zero-order valence-corrected chi connectivity index (χ0v) is 75.5. The van der Waals surface area contributed by atoms with Crippen LogP contribution in [0.4, 0.5) is 0 Å². The van der Waals surface area contributed by atoms with Crippen molar-refractivity contribution in [2.24, 2.45) is 0 Å². The molecule has 25 aromatic rings. The summed E-state index contributed by atoms with van der Waals surface area (Å²) < 4.78 is 14.8. The van der Waals surface area contributed by atoms with Crippen LogP contribution in [0, 0.1) is 0 Å². The molecular formula is C126H96N6. The van der Waals surface area contributed by atoms with Gasteiger partial charge in [-0.3, -0.25) is 0 Å². The monoisotopic (exact) mass is 1690 g/mol. The first-order valence-corrected chi connectivity index (χ1v) is 46.3. The minimum Gasteiger partial charge on any atom is -0.309 e. The maximum atomic E-state index is 2.51. The van der Waals surface area contributed by atoms with Gasteiger partial charge in [-0.15, -0.1) is 0 Å². The van der Waals surface area contributed by atoms with Gasteiger partial charge in [0.2, 0.25) is 0 Å². The van der Waals surface area contributed by atoms with E-state index in [1.165, 1.54) is 148 Å². The average Bonchev–Trinajstić information content (AvgIpc) is 1.52. The van der Waals surface area contributed by atoms with Crippen molar-refractivity contribution >= 4 is 131 Å². The summed E-state index contributed by atoms with van der Waals surface area (Å²) >= 11 is 0. The van der Waals surface area contributed by atoms with E-state index in [1.807, 2.05) is 0 Å². The van der Waals surface area contributed by atoms with E-state index in [2.05, 4.69) is 508 Å². The van der Waals surface area contributed by atoms with Gasteiger partial charge in [-0.25, -0.2) is 0 Å². The molecule has 0 aliphatic rings. The predicted octanol–water partition coefficient (Wildman–Crippen LogP) is 34.2. The SMILES string of the molecule is CC(C)(C)c1ccc(-c2ccc(-n3c4ccc(-c5ccc6c(c5)c5cc(-c7ccc8c(c7)c7ccccc7n8-c7ccc(-c8ccccc8C(C)(C)C)cc7)ccc5n6-c5ccccc5)cc4c4cc(-n5c6ccccc6c6cc(-c7ccc8c(c7)c7cccc(-n9c%10ccccc%10c%10ccccc%109)c7n8-c7ccc(-c8ccc(C(C)(C)C)cc8)cc7)ccc65)ccc43)cc2)cc1. The van der Waals surface area contributed by atoms with Crippen LogP contribution < -0.4 is 0 Å². The van der Waals surface area contributed by atoms with Gasteiger partial charge < -0.3 is 27.4 Å². The van der Waals surface area contributed by atoms with Crippen molar-refractivity contribution < 1.29 is 0 Å². The van der Waals surface area contributed by atoms with Gasteiger partial charge in [0.15, 0.2) is 0 Å². The first-order valence-electron chi connectivity index (χ1n) is 46.3. The largest absolute Gasteiger partial charge is 0.309 e. The molecule has 0 spiro atoms. The fourth-order valence-corrected chi connectivity index (χ4v) is 21.7. The Labute approximate surface area is 767 Å². The molecule has 6 heterocycles. The summed E-state index contributed by atoms with van der Waals surface area (Å²) in [4.78, 5) is 0. The summed E-state index contributed by atoms with van der Waals surface area (Å²) in [5.74, 6) is 0. The molecule has 0 aliphatic carbocycles. The lowest BCUT2D eigenvalue weighted by Gasteiger charge is -2.23. The summed E-state index contributed by atoms with van der Waals surface area (Å²) in [5.41, 5.74) is 39.0. The van der Waals surface area contributed by atoms with Gasteiger partial charge in [0.1, 0.15) is 0 Å². The molecule has 25 rings (SSSR count). The second-order valence-electron chi connectivity index (χ2n) is 39.3. The topological polar surface area (TPSA) is 29.6 Å². The second-order valence-corrected chi connectivity index (χ2v) is 39.3. The lowest BCUT2D eigenvalue weighted by Crippen LogP contribution is -2.12. The summed E-state index contributed by atoms with van der Waals surface area (Å²) in [6, 6.07) is 158. The van der Waals surface area contributed by atoms with Crippen LogP contribution in [0.5, 0.6) is 0 Å². The van der Waals surface area contributed by atoms with Crippen molar-refractivity contribution in [1.29, 1.82) is 0 Å². The molecule has 19 aromatic carbocycles. The smallest absolute Gasteiger partial charge is 0.0782 e. The Kier molecular flexibility index (Phi) is 17.7. The first-order chi connectivity index (χ1) is 64.3. The highest BCUT2D eigenvalue weighted by Crippen LogP contribution is 2.48. The Hall–Kier alpha value is -16.0. The van der Waals surface area contributed by atoms with Gasteiger partial charge in [0, 0.05) is 93.1 Å². The fraction of sp³-hybridized carbons (Fsp3) is 0.0952. The van der Waals surface area contributed by atoms with Crippen LogP contribution in [0.3, 0.4) is 0 Å². The molecule has 6 heteroatoms. The van der Waals surface area contributed by atoms with Crippen molar-refractivity contribution in [3.63, 3.8) is 0 Å². The van der Waals surface area contributed by atoms with Gasteiger partial charge in [0.05, 0.1) is 71.9 Å². The Bertz CT molecular complexity index is 8950. The lowest BCUT2D eigenvalue weighted by molar-refractivity contribution is 0.590. The Morgan fingerprint density at radius 2 is 0.409 bits per heavy atom. The van der Waals surface area contributed by atoms with Crippen molar-refractivity contribution in [2.45, 2.75) is 78.6 Å². The number of fused-ring (bicyclic) bond motifs is 18. The molecule has 0 fully saturated rings. The van der Waals surface area contributed by atoms with E-state index in [0.717, 1.165) is 101 Å². The van der Waals surface area contributed by atoms with E-state index in [0.29, 0.717) is 0 Å². The van der Waals surface area contributed by atoms with E-state index in [4.69, 9.17) is 0 Å². The molecule has 0 aliphatic heterocycles. The second kappa shape index (κ2) is 29.8. The van der Waals surface area contributed by atoms with E-state index >= 15 is 0 Å². The zero-order valence-electron chi connectivity index (χ0n) is 75.5. The first kappa shape index (κ1) is 78.3. The molecule has 630 valence electrons. The maximum absolute atomic E-state index is 2.51. The van der Waals surface area contributed by atoms with Gasteiger partial charge in [-0.05, 0) is 270 Å². The number of hydrogen-bond acceptors (Lipinski definition) is 0. The highest BCUT2D eigenvalue weighted by molar-refractivity contribution is 6.19. The Morgan fingerprint density at radius 1 is 0.152 bits per heavy atom. The van der Waals surface area contributed by atoms with Crippen LogP contribution in [0.2, 0.25) is 0 Å². The Morgan fingerprint density at radius 3 is 0.803 bits per heavy atom. The minimum atomic E-state index is 0.0152. The lowest BCUT2D eigenvalue weighted by atomic mass is 9.82. The predicted molar refractivity (Wildman–Crippen MR) is 561 cm³/mol. The third-order valence-corrected chi connectivity index (χ3v) is 28.3. The molecule has 6 aromatic heterocycles. The van der Waals surface area contributed by atoms with Gasteiger partial charge in [0.25, 0.3) is 0 Å². The molecular weight excluding hydrogens is 1600 g/mol. The maximum Gasteiger partial charge on any atom is 0.0782 e. The summed E-state index contributed by atoms with van der Waals surface area (Å²) in [7, 11) is 0. The normalized spacial score (nSPS) is 12.4. The van der Waals surface area contributed by atoms with E-state index < -0.39 is 0 Å². The van der Waals surface area contributed by atoms with Crippen LogP contribution in [-0.4, -0.2) is 27.4 Å². The standard InChI is InChI=1S/C126H96N6/c1-124(2,3)90-54-38-79(39-55-90)81-42-58-93(59-43-81)129-119-69-52-89(88-51-68-118-107(76-88)106-75-87(50-67-117(106)127(118)92-24-11-10-12-25-92)85-48-65-115-103(72-85)100-29-16-19-33-111(100)128(115)94-62-46-83(47-63-94)97-26-13-18-32-110(97)126(7,8)9)77-108(119)109-78-96(64-71-120(109)129)130-112-34-20-17-30-101(112)104-73-84(49-66-116(104)130)86-53-70-121-105(74-86)102-31-23-37-122(132-113-35-21-14-27-98(113)99-28-15-22-36-114(99)132)123(102)131(121)95-60-44-82(45-61-95)80-40-56-91(57-41-80)125(4,5)6/h10-78H,1-9H3. The molecule has 0 N–H and O–H groups in total. The molecule has 0 saturated carbocycles. The average molecular weight is 1690 g/mol. The third kappa shape index (κ3) is 12.6. The third-order valence-electron chi connectivity index (χ3n) is 28.3. The number of benzene rings is 19. The van der Waals surface area contributed by atoms with Crippen LogP contribution in [0.1, 0.15) is 79.0 Å². The van der Waals surface area contributed by atoms with Crippen molar-refractivity contribution in [2.75, 3.05) is 0 Å². The highest BCUT2D eigenvalue weighted by Gasteiger charge is 2.27. The number of aromatic nitrogens is 6. The van der Waals surface area contributed by atoms with Crippen LogP contribution in [0.15, 0.2) is 419 Å². The van der Waals surface area contributed by atoms with E-state index in [1.54, 1.807) is 0 Å². The van der Waals surface area contributed by atoms with Gasteiger partial charge >= 0.3 is 0 Å². The molecule has 0 bridgehead atoms. The molecule has 0 amide bonds.